The third-order valence-electron chi connectivity index (χ3n) is 7.25. The molecule has 202 valence electrons. The number of aromatic hydroxyl groups is 2. The van der Waals surface area contributed by atoms with Crippen LogP contribution in [-0.4, -0.2) is 31.2 Å². The van der Waals surface area contributed by atoms with E-state index in [2.05, 4.69) is 5.10 Å². The van der Waals surface area contributed by atoms with Crippen LogP contribution < -0.4 is 4.74 Å². The minimum atomic E-state index is -4.86. The summed E-state index contributed by atoms with van der Waals surface area (Å²) >= 11 is 0. The normalized spacial score (nSPS) is 24.5. The molecule has 1 fully saturated rings. The molecule has 5 rings (SSSR count). The lowest BCUT2D eigenvalue weighted by molar-refractivity contribution is -0.141. The van der Waals surface area contributed by atoms with Crippen molar-refractivity contribution in [1.82, 2.24) is 14.3 Å². The first-order valence-corrected chi connectivity index (χ1v) is 11.2. The van der Waals surface area contributed by atoms with Gasteiger partial charge in [-0.25, -0.2) is 4.68 Å². The van der Waals surface area contributed by atoms with E-state index in [0.29, 0.717) is 6.07 Å². The van der Waals surface area contributed by atoms with Gasteiger partial charge in [0.05, 0.1) is 46.2 Å². The van der Waals surface area contributed by atoms with Gasteiger partial charge in [-0.3, -0.25) is 4.57 Å². The van der Waals surface area contributed by atoms with E-state index in [-0.39, 0.29) is 35.7 Å². The van der Waals surface area contributed by atoms with Crippen molar-refractivity contribution < 1.29 is 46.0 Å². The molecule has 2 aliphatic heterocycles. The van der Waals surface area contributed by atoms with Gasteiger partial charge in [0, 0.05) is 19.0 Å². The highest BCUT2D eigenvalue weighted by molar-refractivity contribution is 5.62. The van der Waals surface area contributed by atoms with Crippen molar-refractivity contribution in [3.8, 4) is 29.4 Å². The lowest BCUT2D eigenvalue weighted by Crippen LogP contribution is -2.33. The molecule has 0 amide bonds. The molecule has 0 unspecified atom stereocenters. The van der Waals surface area contributed by atoms with Crippen LogP contribution in [0.4, 0.5) is 26.3 Å². The van der Waals surface area contributed by atoms with Crippen molar-refractivity contribution in [3.05, 3.63) is 52.2 Å². The van der Waals surface area contributed by atoms with Crippen LogP contribution in [0.1, 0.15) is 48.2 Å². The molecule has 2 aliphatic rings. The van der Waals surface area contributed by atoms with Gasteiger partial charge in [-0.1, -0.05) is 0 Å². The molecule has 38 heavy (non-hydrogen) atoms. The minimum Gasteiger partial charge on any atom is -0.494 e. The molecule has 1 saturated heterocycles. The van der Waals surface area contributed by atoms with E-state index in [0.717, 1.165) is 27.4 Å². The first-order chi connectivity index (χ1) is 17.5. The van der Waals surface area contributed by atoms with Gasteiger partial charge in [0.15, 0.2) is 5.69 Å². The molecule has 0 aliphatic carbocycles. The molecule has 4 heterocycles. The quantitative estimate of drug-likeness (QED) is 0.445. The fraction of sp³-hybridized carbons (Fsp3) is 0.417. The zero-order chi connectivity index (χ0) is 28.0. The van der Waals surface area contributed by atoms with Crippen LogP contribution in [0, 0.1) is 17.2 Å². The first-order valence-electron chi connectivity index (χ1n) is 11.2. The van der Waals surface area contributed by atoms with Gasteiger partial charge >= 0.3 is 12.4 Å². The molecule has 1 aromatic carbocycles. The summed E-state index contributed by atoms with van der Waals surface area (Å²) in [4.78, 5) is 0. The maximum absolute atomic E-state index is 13.5. The highest BCUT2D eigenvalue weighted by Gasteiger charge is 2.64. The van der Waals surface area contributed by atoms with E-state index >= 15 is 0 Å². The van der Waals surface area contributed by atoms with Crippen LogP contribution in [-0.2, 0) is 35.3 Å². The zero-order valence-electron chi connectivity index (χ0n) is 20.1. The van der Waals surface area contributed by atoms with Gasteiger partial charge in [-0.2, -0.15) is 36.7 Å². The lowest BCUT2D eigenvalue weighted by atomic mass is 9.73. The van der Waals surface area contributed by atoms with E-state index in [1.165, 1.54) is 13.1 Å². The number of rotatable bonds is 4. The van der Waals surface area contributed by atoms with Crippen LogP contribution in [0.3, 0.4) is 0 Å². The second-order valence-electron chi connectivity index (χ2n) is 9.71. The standard InChI is InChI=1S/C24H20F6N4O4/c1-21-8-12(10-37-16-7-15(24(28,29)30)32-33(16)3)22(2,38-21)18-17(21)19(35)34(20(18)36)13-5-4-11(9-31)14(6-13)23(25,26)27/h4-7,12,35-36H,8,10H2,1-3H3/t12-,21+,22-/m0/s1. The Morgan fingerprint density at radius 1 is 1.11 bits per heavy atom. The smallest absolute Gasteiger partial charge is 0.435 e. The molecule has 3 atom stereocenters. The van der Waals surface area contributed by atoms with Gasteiger partial charge in [0.2, 0.25) is 17.6 Å². The number of aromatic nitrogens is 3. The predicted octanol–water partition coefficient (Wildman–Crippen LogP) is 5.09. The maximum Gasteiger partial charge on any atom is 0.435 e. The molecular formula is C24H20F6N4O4. The van der Waals surface area contributed by atoms with E-state index in [1.54, 1.807) is 13.8 Å². The van der Waals surface area contributed by atoms with Gasteiger partial charge in [0.25, 0.3) is 0 Å². The Morgan fingerprint density at radius 2 is 1.76 bits per heavy atom. The average Bonchev–Trinajstić information content (AvgIpc) is 3.47. The molecule has 3 aromatic rings. The summed E-state index contributed by atoms with van der Waals surface area (Å²) in [5.41, 5.74) is -5.35. The number of nitrogens with zero attached hydrogens (tertiary/aromatic N) is 4. The molecular weight excluding hydrogens is 522 g/mol. The second-order valence-corrected chi connectivity index (χ2v) is 9.71. The molecule has 2 bridgehead atoms. The van der Waals surface area contributed by atoms with Gasteiger partial charge < -0.3 is 19.7 Å². The number of halogens is 6. The molecule has 2 N–H and O–H groups in total. The maximum atomic E-state index is 13.5. The van der Waals surface area contributed by atoms with Gasteiger partial charge in [-0.05, 0) is 38.5 Å². The van der Waals surface area contributed by atoms with Crippen LogP contribution in [0.5, 0.6) is 17.6 Å². The predicted molar refractivity (Wildman–Crippen MR) is 116 cm³/mol. The van der Waals surface area contributed by atoms with Crippen LogP contribution >= 0.6 is 0 Å². The summed E-state index contributed by atoms with van der Waals surface area (Å²) in [5.74, 6) is -1.75. The Balaban J connectivity index is 1.52. The van der Waals surface area contributed by atoms with Crippen LogP contribution in [0.25, 0.3) is 5.69 Å². The highest BCUT2D eigenvalue weighted by atomic mass is 19.4. The summed E-state index contributed by atoms with van der Waals surface area (Å²) in [7, 11) is 1.29. The zero-order valence-corrected chi connectivity index (χ0v) is 20.1. The Labute approximate surface area is 211 Å². The molecule has 0 spiro atoms. The van der Waals surface area contributed by atoms with Crippen LogP contribution in [0.15, 0.2) is 24.3 Å². The number of benzene rings is 1. The fourth-order valence-corrected chi connectivity index (χ4v) is 5.56. The molecule has 0 radical (unpaired) electrons. The Kier molecular flexibility index (Phi) is 5.31. The van der Waals surface area contributed by atoms with Gasteiger partial charge in [0.1, 0.15) is 5.60 Å². The number of aryl methyl sites for hydroxylation is 1. The summed E-state index contributed by atoms with van der Waals surface area (Å²) in [6, 6.07) is 4.99. The average molecular weight is 542 g/mol. The van der Waals surface area contributed by atoms with E-state index in [9.17, 15) is 36.6 Å². The number of alkyl halides is 6. The van der Waals surface area contributed by atoms with Crippen molar-refractivity contribution in [2.24, 2.45) is 13.0 Å². The molecule has 14 heteroatoms. The summed E-state index contributed by atoms with van der Waals surface area (Å²) < 4.78 is 93.2. The number of ether oxygens (including phenoxy) is 2. The number of hydrogen-bond donors (Lipinski definition) is 2. The minimum absolute atomic E-state index is 0.135. The number of fused-ring (bicyclic) bond motifs is 5. The monoisotopic (exact) mass is 542 g/mol. The van der Waals surface area contributed by atoms with Crippen molar-refractivity contribution in [3.63, 3.8) is 0 Å². The van der Waals surface area contributed by atoms with E-state index in [4.69, 9.17) is 14.7 Å². The van der Waals surface area contributed by atoms with E-state index < -0.39 is 58.1 Å². The van der Waals surface area contributed by atoms with Crippen molar-refractivity contribution in [1.29, 1.82) is 5.26 Å². The van der Waals surface area contributed by atoms with Gasteiger partial charge in [-0.15, -0.1) is 0 Å². The Bertz CT molecular complexity index is 1500. The Hall–Kier alpha value is -3.86. The SMILES string of the molecule is Cn1nc(C(F)(F)F)cc1OC[C@@H]1C[C@@]2(C)O[C@]1(C)c1c2c(O)n(-c2ccc(C#N)c(C(F)(F)F)c2)c1O. The topological polar surface area (TPSA) is 105 Å². The highest BCUT2D eigenvalue weighted by Crippen LogP contribution is 2.66. The third kappa shape index (κ3) is 3.59. The number of nitriles is 1. The first kappa shape index (κ1) is 25.8. The van der Waals surface area contributed by atoms with Crippen LogP contribution in [0.2, 0.25) is 0 Å². The summed E-state index contributed by atoms with van der Waals surface area (Å²) in [6.07, 6.45) is -9.28. The van der Waals surface area contributed by atoms with Crippen molar-refractivity contribution >= 4 is 0 Å². The summed E-state index contributed by atoms with van der Waals surface area (Å²) in [6.45, 7) is 3.10. The lowest BCUT2D eigenvalue weighted by Gasteiger charge is -2.29. The number of hydrogen-bond acceptors (Lipinski definition) is 6. The molecule has 8 nitrogen and oxygen atoms in total. The molecule has 2 aromatic heterocycles. The summed E-state index contributed by atoms with van der Waals surface area (Å²) in [5, 5.41) is 34.7. The largest absolute Gasteiger partial charge is 0.494 e. The van der Waals surface area contributed by atoms with Crippen molar-refractivity contribution in [2.75, 3.05) is 6.61 Å². The fourth-order valence-electron chi connectivity index (χ4n) is 5.56. The van der Waals surface area contributed by atoms with Crippen molar-refractivity contribution in [2.45, 2.75) is 43.8 Å². The Morgan fingerprint density at radius 3 is 2.34 bits per heavy atom. The third-order valence-corrected chi connectivity index (χ3v) is 7.25. The molecule has 0 saturated carbocycles. The van der Waals surface area contributed by atoms with E-state index in [1.807, 2.05) is 0 Å². The second kappa shape index (κ2) is 7.83.